The largest absolute Gasteiger partial charge is 0.394 e. The Kier molecular flexibility index (Phi) is 4.27. The lowest BCUT2D eigenvalue weighted by atomic mass is 10.1. The number of methoxy groups -OCH3 is 1. The summed E-state index contributed by atoms with van der Waals surface area (Å²) in [5, 5.41) is 9.46. The van der Waals surface area contributed by atoms with E-state index in [1.165, 1.54) is 0 Å². The fourth-order valence-corrected chi connectivity index (χ4v) is 2.91. The van der Waals surface area contributed by atoms with E-state index < -0.39 is 0 Å². The van der Waals surface area contributed by atoms with Crippen LogP contribution < -0.4 is 0 Å². The number of aliphatic hydroxyl groups is 1. The first kappa shape index (κ1) is 14.8. The average Bonchev–Trinajstić information content (AvgIpc) is 3.23. The second-order valence-electron chi connectivity index (χ2n) is 5.52. The van der Waals surface area contributed by atoms with Gasteiger partial charge in [0.1, 0.15) is 0 Å². The van der Waals surface area contributed by atoms with Gasteiger partial charge in [0, 0.05) is 37.3 Å². The molecule has 1 aliphatic heterocycles. The van der Waals surface area contributed by atoms with Crippen molar-refractivity contribution in [2.75, 3.05) is 20.3 Å². The zero-order valence-corrected chi connectivity index (χ0v) is 12.6. The normalized spacial score (nSPS) is 21.3. The summed E-state index contributed by atoms with van der Waals surface area (Å²) in [5.74, 6) is -0.0577. The number of hydrogen-bond donors (Lipinski definition) is 1. The van der Waals surface area contributed by atoms with Gasteiger partial charge in [0.05, 0.1) is 18.8 Å². The van der Waals surface area contributed by atoms with Crippen molar-refractivity contribution in [3.63, 3.8) is 0 Å². The lowest BCUT2D eigenvalue weighted by Gasteiger charge is -2.22. The van der Waals surface area contributed by atoms with Crippen LogP contribution in [0.2, 0.25) is 0 Å². The van der Waals surface area contributed by atoms with Gasteiger partial charge in [-0.25, -0.2) is 0 Å². The Morgan fingerprint density at radius 1 is 1.27 bits per heavy atom. The predicted octanol–water partition coefficient (Wildman–Crippen LogP) is 1.70. The van der Waals surface area contributed by atoms with Crippen LogP contribution in [-0.4, -0.2) is 52.9 Å². The second-order valence-corrected chi connectivity index (χ2v) is 5.52. The number of rotatable bonds is 4. The zero-order valence-electron chi connectivity index (χ0n) is 12.6. The van der Waals surface area contributed by atoms with E-state index in [9.17, 15) is 9.90 Å². The summed E-state index contributed by atoms with van der Waals surface area (Å²) in [7, 11) is 1.64. The first-order chi connectivity index (χ1) is 10.7. The summed E-state index contributed by atoms with van der Waals surface area (Å²) in [4.78, 5) is 14.3. The topological polar surface area (TPSA) is 54.7 Å². The Labute approximate surface area is 129 Å². The minimum absolute atomic E-state index is 0.000229. The molecule has 116 valence electrons. The Morgan fingerprint density at radius 2 is 1.95 bits per heavy atom. The minimum atomic E-state index is -0.165. The molecule has 1 amide bonds. The van der Waals surface area contributed by atoms with Crippen LogP contribution >= 0.6 is 0 Å². The molecule has 1 aromatic carbocycles. The SMILES string of the molecule is CO[C@@H]1C[C@@H](CO)N(C(=O)c2ccc(-n3cccc3)cc2)C1. The highest BCUT2D eigenvalue weighted by molar-refractivity contribution is 5.94. The highest BCUT2D eigenvalue weighted by atomic mass is 16.5. The molecule has 1 N–H and O–H groups in total. The molecule has 2 heterocycles. The van der Waals surface area contributed by atoms with E-state index in [1.54, 1.807) is 12.0 Å². The van der Waals surface area contributed by atoms with Crippen LogP contribution in [-0.2, 0) is 4.74 Å². The Hall–Kier alpha value is -2.11. The maximum Gasteiger partial charge on any atom is 0.254 e. The van der Waals surface area contributed by atoms with Gasteiger partial charge in [-0.3, -0.25) is 4.79 Å². The van der Waals surface area contributed by atoms with Gasteiger partial charge in [0.15, 0.2) is 0 Å². The molecule has 0 bridgehead atoms. The van der Waals surface area contributed by atoms with Crippen LogP contribution in [0.4, 0.5) is 0 Å². The van der Waals surface area contributed by atoms with Crippen LogP contribution in [0, 0.1) is 0 Å². The summed E-state index contributed by atoms with van der Waals surface area (Å²) in [6.07, 6.45) is 4.60. The molecular formula is C17H20N2O3. The summed E-state index contributed by atoms with van der Waals surface area (Å²) in [6.45, 7) is 0.493. The first-order valence-corrected chi connectivity index (χ1v) is 7.41. The van der Waals surface area contributed by atoms with Crippen molar-refractivity contribution in [3.8, 4) is 5.69 Å². The molecule has 22 heavy (non-hydrogen) atoms. The third-order valence-corrected chi connectivity index (χ3v) is 4.20. The number of amides is 1. The first-order valence-electron chi connectivity index (χ1n) is 7.41. The molecule has 5 nitrogen and oxygen atoms in total. The molecule has 1 saturated heterocycles. The molecule has 0 saturated carbocycles. The molecule has 3 rings (SSSR count). The van der Waals surface area contributed by atoms with Crippen molar-refractivity contribution in [1.82, 2.24) is 9.47 Å². The third-order valence-electron chi connectivity index (χ3n) is 4.20. The Balaban J connectivity index is 1.77. The number of carbonyl (C=O) groups excluding carboxylic acids is 1. The number of benzene rings is 1. The molecule has 0 aliphatic carbocycles. The lowest BCUT2D eigenvalue weighted by molar-refractivity contribution is 0.0648. The number of ether oxygens (including phenoxy) is 1. The standard InChI is InChI=1S/C17H20N2O3/c1-22-16-10-15(12-20)19(11-16)17(21)13-4-6-14(7-5-13)18-8-2-3-9-18/h2-9,15-16,20H,10-12H2,1H3/t15-,16+/m0/s1. The van der Waals surface area contributed by atoms with Crippen molar-refractivity contribution in [3.05, 3.63) is 54.4 Å². The number of hydrogen-bond acceptors (Lipinski definition) is 3. The average molecular weight is 300 g/mol. The van der Waals surface area contributed by atoms with Gasteiger partial charge in [-0.05, 0) is 42.8 Å². The van der Waals surface area contributed by atoms with E-state index in [0.29, 0.717) is 18.5 Å². The van der Waals surface area contributed by atoms with E-state index in [-0.39, 0.29) is 24.7 Å². The maximum atomic E-state index is 12.6. The predicted molar refractivity (Wildman–Crippen MR) is 83.1 cm³/mol. The number of nitrogens with zero attached hydrogens (tertiary/aromatic N) is 2. The van der Waals surface area contributed by atoms with Gasteiger partial charge in [0.25, 0.3) is 5.91 Å². The van der Waals surface area contributed by atoms with Crippen LogP contribution in [0.5, 0.6) is 0 Å². The molecule has 1 aromatic heterocycles. The van der Waals surface area contributed by atoms with E-state index in [4.69, 9.17) is 4.74 Å². The van der Waals surface area contributed by atoms with Crippen LogP contribution in [0.3, 0.4) is 0 Å². The lowest BCUT2D eigenvalue weighted by Crippen LogP contribution is -2.38. The number of aliphatic hydroxyl groups excluding tert-OH is 1. The molecule has 0 unspecified atom stereocenters. The van der Waals surface area contributed by atoms with Gasteiger partial charge in [-0.2, -0.15) is 0 Å². The van der Waals surface area contributed by atoms with Gasteiger partial charge in [0.2, 0.25) is 0 Å². The molecule has 1 fully saturated rings. The van der Waals surface area contributed by atoms with Crippen LogP contribution in [0.25, 0.3) is 5.69 Å². The van der Waals surface area contributed by atoms with Gasteiger partial charge in [-0.1, -0.05) is 0 Å². The zero-order chi connectivity index (χ0) is 15.5. The summed E-state index contributed by atoms with van der Waals surface area (Å²) >= 11 is 0. The van der Waals surface area contributed by atoms with Crippen LogP contribution in [0.1, 0.15) is 16.8 Å². The molecule has 0 spiro atoms. The molecule has 2 aromatic rings. The minimum Gasteiger partial charge on any atom is -0.394 e. The van der Waals surface area contributed by atoms with E-state index in [1.807, 2.05) is 53.4 Å². The fourth-order valence-electron chi connectivity index (χ4n) is 2.91. The van der Waals surface area contributed by atoms with E-state index >= 15 is 0 Å². The van der Waals surface area contributed by atoms with Gasteiger partial charge in [-0.15, -0.1) is 0 Å². The smallest absolute Gasteiger partial charge is 0.254 e. The number of likely N-dealkylation sites (tertiary alicyclic amines) is 1. The van der Waals surface area contributed by atoms with Crippen LogP contribution in [0.15, 0.2) is 48.8 Å². The van der Waals surface area contributed by atoms with Crippen molar-refractivity contribution in [2.45, 2.75) is 18.6 Å². The monoisotopic (exact) mass is 300 g/mol. The number of carbonyl (C=O) groups is 1. The molecule has 1 aliphatic rings. The highest BCUT2D eigenvalue weighted by Gasteiger charge is 2.35. The quantitative estimate of drug-likeness (QED) is 0.935. The fraction of sp³-hybridized carbons (Fsp3) is 0.353. The Bertz CT molecular complexity index is 622. The summed E-state index contributed by atoms with van der Waals surface area (Å²) in [6, 6.07) is 11.2. The summed E-state index contributed by atoms with van der Waals surface area (Å²) in [5.41, 5.74) is 1.64. The van der Waals surface area contributed by atoms with E-state index in [0.717, 1.165) is 5.69 Å². The van der Waals surface area contributed by atoms with Gasteiger partial charge < -0.3 is 19.3 Å². The molecule has 5 heteroatoms. The van der Waals surface area contributed by atoms with Gasteiger partial charge >= 0.3 is 0 Å². The highest BCUT2D eigenvalue weighted by Crippen LogP contribution is 2.22. The van der Waals surface area contributed by atoms with Crippen molar-refractivity contribution < 1.29 is 14.6 Å². The molecule has 2 atom stereocenters. The molecule has 0 radical (unpaired) electrons. The van der Waals surface area contributed by atoms with Crippen molar-refractivity contribution in [2.24, 2.45) is 0 Å². The van der Waals surface area contributed by atoms with Crippen molar-refractivity contribution in [1.29, 1.82) is 0 Å². The Morgan fingerprint density at radius 3 is 2.55 bits per heavy atom. The van der Waals surface area contributed by atoms with E-state index in [2.05, 4.69) is 0 Å². The molecular weight excluding hydrogens is 280 g/mol. The second kappa shape index (κ2) is 6.34. The number of aromatic nitrogens is 1. The maximum absolute atomic E-state index is 12.6. The third kappa shape index (κ3) is 2.77. The van der Waals surface area contributed by atoms with Crippen molar-refractivity contribution >= 4 is 5.91 Å². The summed E-state index contributed by atoms with van der Waals surface area (Å²) < 4.78 is 7.31.